The molecule has 0 unspecified atom stereocenters. The highest BCUT2D eigenvalue weighted by Crippen LogP contribution is 2.33. The highest BCUT2D eigenvalue weighted by molar-refractivity contribution is 7.13. The summed E-state index contributed by atoms with van der Waals surface area (Å²) in [5, 5.41) is 1.95. The molecule has 94 valence electrons. The summed E-state index contributed by atoms with van der Waals surface area (Å²) in [5.41, 5.74) is -0.0886. The van der Waals surface area contributed by atoms with Gasteiger partial charge < -0.3 is 0 Å². The van der Waals surface area contributed by atoms with Crippen LogP contribution in [0.3, 0.4) is 0 Å². The Morgan fingerprint density at radius 2 is 2.06 bits per heavy atom. The SMILES string of the molecule is CC(=O)c1csc(-c2cccc(C(F)(F)F)c2)n1. The number of carbonyl (C=O) groups is 1. The van der Waals surface area contributed by atoms with Crippen LogP contribution in [0.1, 0.15) is 23.0 Å². The number of halogens is 3. The van der Waals surface area contributed by atoms with Crippen LogP contribution in [0.15, 0.2) is 29.6 Å². The van der Waals surface area contributed by atoms with Crippen LogP contribution in [0, 0.1) is 0 Å². The van der Waals surface area contributed by atoms with Crippen LogP contribution >= 0.6 is 11.3 Å². The van der Waals surface area contributed by atoms with Crippen molar-refractivity contribution >= 4 is 17.1 Å². The zero-order valence-corrected chi connectivity index (χ0v) is 10.1. The van der Waals surface area contributed by atoms with E-state index >= 15 is 0 Å². The van der Waals surface area contributed by atoms with E-state index in [1.54, 1.807) is 0 Å². The monoisotopic (exact) mass is 271 g/mol. The number of hydrogen-bond donors (Lipinski definition) is 0. The van der Waals surface area contributed by atoms with Gasteiger partial charge in [0.2, 0.25) is 0 Å². The minimum Gasteiger partial charge on any atom is -0.293 e. The fourth-order valence-electron chi connectivity index (χ4n) is 1.40. The fraction of sp³-hybridized carbons (Fsp3) is 0.167. The fourth-order valence-corrected chi connectivity index (χ4v) is 2.25. The summed E-state index contributed by atoms with van der Waals surface area (Å²) in [6.07, 6.45) is -4.38. The third-order valence-electron chi connectivity index (χ3n) is 2.30. The van der Waals surface area contributed by atoms with Crippen molar-refractivity contribution in [2.45, 2.75) is 13.1 Å². The molecule has 0 fully saturated rings. The lowest BCUT2D eigenvalue weighted by Gasteiger charge is -2.07. The molecule has 2 rings (SSSR count). The molecule has 0 N–H and O–H groups in total. The van der Waals surface area contributed by atoms with Crippen LogP contribution in [-0.2, 0) is 6.18 Å². The number of alkyl halides is 3. The van der Waals surface area contributed by atoms with E-state index in [0.717, 1.165) is 23.5 Å². The standard InChI is InChI=1S/C12H8F3NOS/c1-7(17)10-6-18-11(16-10)8-3-2-4-9(5-8)12(13,14)15/h2-6H,1H3. The number of ketones is 1. The van der Waals surface area contributed by atoms with Gasteiger partial charge in [0.15, 0.2) is 5.78 Å². The first-order chi connectivity index (χ1) is 8.38. The highest BCUT2D eigenvalue weighted by Gasteiger charge is 2.30. The van der Waals surface area contributed by atoms with Gasteiger partial charge in [0.25, 0.3) is 0 Å². The average molecular weight is 271 g/mol. The Kier molecular flexibility index (Phi) is 3.21. The minimum atomic E-state index is -4.38. The van der Waals surface area contributed by atoms with Gasteiger partial charge in [0.05, 0.1) is 5.56 Å². The first-order valence-corrected chi connectivity index (χ1v) is 5.90. The molecule has 0 aliphatic carbocycles. The molecule has 0 aliphatic rings. The van der Waals surface area contributed by atoms with Gasteiger partial charge in [-0.05, 0) is 12.1 Å². The van der Waals surface area contributed by atoms with Crippen molar-refractivity contribution in [3.05, 3.63) is 40.9 Å². The Bertz CT molecular complexity index is 589. The molecular formula is C12H8F3NOS. The summed E-state index contributed by atoms with van der Waals surface area (Å²) < 4.78 is 37.6. The van der Waals surface area contributed by atoms with Gasteiger partial charge in [-0.15, -0.1) is 11.3 Å². The summed E-state index contributed by atoms with van der Waals surface area (Å²) in [6, 6.07) is 4.90. The van der Waals surface area contributed by atoms with Crippen LogP contribution in [0.25, 0.3) is 10.6 Å². The van der Waals surface area contributed by atoms with Gasteiger partial charge in [-0.25, -0.2) is 4.98 Å². The largest absolute Gasteiger partial charge is 0.416 e. The predicted octanol–water partition coefficient (Wildman–Crippen LogP) is 4.03. The topological polar surface area (TPSA) is 30.0 Å². The Labute approximate surface area is 105 Å². The molecule has 0 aliphatic heterocycles. The van der Waals surface area contributed by atoms with Gasteiger partial charge >= 0.3 is 6.18 Å². The van der Waals surface area contributed by atoms with E-state index in [0.29, 0.717) is 10.6 Å². The second kappa shape index (κ2) is 4.53. The van der Waals surface area contributed by atoms with Crippen molar-refractivity contribution in [3.8, 4) is 10.6 Å². The van der Waals surface area contributed by atoms with Crippen LogP contribution in [0.4, 0.5) is 13.2 Å². The van der Waals surface area contributed by atoms with Crippen molar-refractivity contribution in [2.24, 2.45) is 0 Å². The van der Waals surface area contributed by atoms with Crippen LogP contribution in [0.5, 0.6) is 0 Å². The summed E-state index contributed by atoms with van der Waals surface area (Å²) in [5.74, 6) is -0.204. The normalized spacial score (nSPS) is 11.6. The van der Waals surface area contributed by atoms with E-state index in [9.17, 15) is 18.0 Å². The molecule has 0 amide bonds. The number of rotatable bonds is 2. The maximum atomic E-state index is 12.5. The molecule has 0 atom stereocenters. The second-order valence-corrected chi connectivity index (χ2v) is 4.53. The van der Waals surface area contributed by atoms with E-state index in [-0.39, 0.29) is 11.5 Å². The molecule has 1 aromatic heterocycles. The lowest BCUT2D eigenvalue weighted by molar-refractivity contribution is -0.137. The van der Waals surface area contributed by atoms with Crippen LogP contribution in [-0.4, -0.2) is 10.8 Å². The zero-order valence-electron chi connectivity index (χ0n) is 9.28. The molecule has 2 nitrogen and oxygen atoms in total. The van der Waals surface area contributed by atoms with Crippen molar-refractivity contribution in [1.29, 1.82) is 0 Å². The lowest BCUT2D eigenvalue weighted by Crippen LogP contribution is -2.04. The summed E-state index contributed by atoms with van der Waals surface area (Å²) in [4.78, 5) is 15.1. The molecule has 1 aromatic carbocycles. The number of hydrogen-bond acceptors (Lipinski definition) is 3. The quantitative estimate of drug-likeness (QED) is 0.772. The number of thiazole rings is 1. The molecule has 0 saturated carbocycles. The van der Waals surface area contributed by atoms with Gasteiger partial charge in [-0.1, -0.05) is 12.1 Å². The van der Waals surface area contributed by atoms with Crippen molar-refractivity contribution in [3.63, 3.8) is 0 Å². The first-order valence-electron chi connectivity index (χ1n) is 5.02. The van der Waals surface area contributed by atoms with E-state index in [4.69, 9.17) is 0 Å². The Morgan fingerprint density at radius 1 is 1.33 bits per heavy atom. The van der Waals surface area contributed by atoms with E-state index in [2.05, 4.69) is 4.98 Å². The number of benzene rings is 1. The maximum absolute atomic E-state index is 12.5. The smallest absolute Gasteiger partial charge is 0.293 e. The second-order valence-electron chi connectivity index (χ2n) is 3.67. The van der Waals surface area contributed by atoms with Crippen LogP contribution < -0.4 is 0 Å². The van der Waals surface area contributed by atoms with Gasteiger partial charge in [0.1, 0.15) is 10.7 Å². The Morgan fingerprint density at radius 3 is 2.61 bits per heavy atom. The molecule has 2 aromatic rings. The van der Waals surface area contributed by atoms with Crippen molar-refractivity contribution in [2.75, 3.05) is 0 Å². The van der Waals surface area contributed by atoms with Gasteiger partial charge in [-0.2, -0.15) is 13.2 Å². The van der Waals surface area contributed by atoms with E-state index in [1.807, 2.05) is 0 Å². The molecule has 0 spiro atoms. The van der Waals surface area contributed by atoms with Crippen molar-refractivity contribution in [1.82, 2.24) is 4.98 Å². The van der Waals surface area contributed by atoms with E-state index in [1.165, 1.54) is 24.4 Å². The molecule has 1 heterocycles. The Hall–Kier alpha value is -1.69. The number of carbonyl (C=O) groups excluding carboxylic acids is 1. The molecule has 0 saturated heterocycles. The summed E-state index contributed by atoms with van der Waals surface area (Å²) >= 11 is 1.15. The average Bonchev–Trinajstić information content (AvgIpc) is 2.77. The molecule has 0 radical (unpaired) electrons. The Balaban J connectivity index is 2.41. The van der Waals surface area contributed by atoms with Gasteiger partial charge in [0, 0.05) is 17.9 Å². The zero-order chi connectivity index (χ0) is 13.3. The van der Waals surface area contributed by atoms with E-state index < -0.39 is 11.7 Å². The molecule has 6 heteroatoms. The maximum Gasteiger partial charge on any atom is 0.416 e. The summed E-state index contributed by atoms with van der Waals surface area (Å²) in [6.45, 7) is 1.37. The first kappa shape index (κ1) is 12.8. The summed E-state index contributed by atoms with van der Waals surface area (Å²) in [7, 11) is 0. The lowest BCUT2D eigenvalue weighted by atomic mass is 10.1. The number of Topliss-reactive ketones (excluding diaryl/α,β-unsaturated/α-hetero) is 1. The highest BCUT2D eigenvalue weighted by atomic mass is 32.1. The molecule has 0 bridgehead atoms. The third-order valence-corrected chi connectivity index (χ3v) is 3.19. The number of nitrogens with zero attached hydrogens (tertiary/aromatic N) is 1. The minimum absolute atomic E-state index is 0.204. The molecular weight excluding hydrogens is 263 g/mol. The third kappa shape index (κ3) is 2.59. The van der Waals surface area contributed by atoms with Crippen LogP contribution in [0.2, 0.25) is 0 Å². The predicted molar refractivity (Wildman–Crippen MR) is 62.6 cm³/mol. The van der Waals surface area contributed by atoms with Gasteiger partial charge in [-0.3, -0.25) is 4.79 Å². The van der Waals surface area contributed by atoms with Crippen molar-refractivity contribution < 1.29 is 18.0 Å². The molecule has 18 heavy (non-hydrogen) atoms. The number of aromatic nitrogens is 1.